The van der Waals surface area contributed by atoms with Crippen LogP contribution in [0.5, 0.6) is 5.75 Å². The second-order valence-corrected chi connectivity index (χ2v) is 11.3. The van der Waals surface area contributed by atoms with Crippen molar-refractivity contribution >= 4 is 15.7 Å². The molecule has 4 rings (SSSR count). The third-order valence-electron chi connectivity index (χ3n) is 6.15. The summed E-state index contributed by atoms with van der Waals surface area (Å²) in [6.45, 7) is 5.75. The molecular formula is C25H28F2N4O4S. The molecule has 0 radical (unpaired) electrons. The Morgan fingerprint density at radius 2 is 1.53 bits per heavy atom. The van der Waals surface area contributed by atoms with Gasteiger partial charge in [-0.3, -0.25) is 4.79 Å². The van der Waals surface area contributed by atoms with Gasteiger partial charge in [-0.05, 0) is 45.0 Å². The quantitative estimate of drug-likeness (QED) is 0.476. The van der Waals surface area contributed by atoms with Crippen LogP contribution < -0.4 is 15.2 Å². The Morgan fingerprint density at radius 1 is 0.917 bits per heavy atom. The van der Waals surface area contributed by atoms with Crippen LogP contribution in [-0.2, 0) is 10.0 Å². The Balaban J connectivity index is 1.72. The molecule has 2 aromatic carbocycles. The number of para-hydroxylation sites is 1. The van der Waals surface area contributed by atoms with Crippen LogP contribution in [0.4, 0.5) is 14.5 Å². The standard InChI is InChI=1S/C25H28F2N4O4S/c1-17(2)36(33,34)30-14-12-29(13-15-30)22-16-28-31(19-8-5-4-6-9-19)25(32)24(22)35-18(3)23-20(26)10-7-11-21(23)27/h4-11,16-18H,12-15H2,1-3H3. The summed E-state index contributed by atoms with van der Waals surface area (Å²) in [5, 5.41) is 3.75. The predicted octanol–water partition coefficient (Wildman–Crippen LogP) is 3.51. The zero-order chi connectivity index (χ0) is 26.0. The summed E-state index contributed by atoms with van der Waals surface area (Å²) in [7, 11) is -3.42. The first-order chi connectivity index (χ1) is 17.1. The van der Waals surface area contributed by atoms with Gasteiger partial charge in [-0.1, -0.05) is 24.3 Å². The van der Waals surface area contributed by atoms with Crippen molar-refractivity contribution in [2.24, 2.45) is 0 Å². The molecule has 0 saturated carbocycles. The number of ether oxygens (including phenoxy) is 1. The van der Waals surface area contributed by atoms with Gasteiger partial charge in [0.15, 0.2) is 0 Å². The molecule has 1 fully saturated rings. The molecule has 3 aromatic rings. The molecule has 0 spiro atoms. The number of hydrogen-bond acceptors (Lipinski definition) is 6. The van der Waals surface area contributed by atoms with Crippen LogP contribution in [0, 0.1) is 11.6 Å². The van der Waals surface area contributed by atoms with Crippen LogP contribution in [0.1, 0.15) is 32.4 Å². The van der Waals surface area contributed by atoms with Gasteiger partial charge in [-0.2, -0.15) is 14.1 Å². The Hall–Kier alpha value is -3.31. The Kier molecular flexibility index (Phi) is 7.41. The van der Waals surface area contributed by atoms with Gasteiger partial charge in [-0.15, -0.1) is 0 Å². The highest BCUT2D eigenvalue weighted by Crippen LogP contribution is 2.31. The van der Waals surface area contributed by atoms with Crippen molar-refractivity contribution in [1.29, 1.82) is 0 Å². The van der Waals surface area contributed by atoms with E-state index in [0.29, 0.717) is 24.5 Å². The van der Waals surface area contributed by atoms with Gasteiger partial charge in [0, 0.05) is 26.2 Å². The number of rotatable bonds is 7. The molecule has 1 unspecified atom stereocenters. The van der Waals surface area contributed by atoms with E-state index in [1.165, 1.54) is 23.5 Å². The van der Waals surface area contributed by atoms with Gasteiger partial charge in [0.2, 0.25) is 15.8 Å². The van der Waals surface area contributed by atoms with Crippen LogP contribution >= 0.6 is 0 Å². The topological polar surface area (TPSA) is 84.7 Å². The van der Waals surface area contributed by atoms with E-state index in [9.17, 15) is 22.0 Å². The minimum absolute atomic E-state index is 0.121. The van der Waals surface area contributed by atoms with Gasteiger partial charge >= 0.3 is 5.56 Å². The summed E-state index contributed by atoms with van der Waals surface area (Å²) in [6, 6.07) is 12.2. The molecule has 1 aliphatic heterocycles. The molecule has 192 valence electrons. The number of piperazine rings is 1. The molecule has 8 nitrogen and oxygen atoms in total. The summed E-state index contributed by atoms with van der Waals surface area (Å²) in [5.41, 5.74) is -0.0628. The van der Waals surface area contributed by atoms with E-state index >= 15 is 0 Å². The van der Waals surface area contributed by atoms with Gasteiger partial charge in [0.05, 0.1) is 22.7 Å². The van der Waals surface area contributed by atoms with Gasteiger partial charge in [-0.25, -0.2) is 17.2 Å². The van der Waals surface area contributed by atoms with Crippen molar-refractivity contribution < 1.29 is 21.9 Å². The van der Waals surface area contributed by atoms with E-state index in [0.717, 1.165) is 16.8 Å². The lowest BCUT2D eigenvalue weighted by Gasteiger charge is -2.36. The van der Waals surface area contributed by atoms with Crippen molar-refractivity contribution in [2.75, 3.05) is 31.1 Å². The SMILES string of the molecule is CC(Oc1c(N2CCN(S(=O)(=O)C(C)C)CC2)cnn(-c2ccccc2)c1=O)c1c(F)cccc1F. The second-order valence-electron chi connectivity index (χ2n) is 8.79. The zero-order valence-electron chi connectivity index (χ0n) is 20.3. The number of sulfonamides is 1. The summed E-state index contributed by atoms with van der Waals surface area (Å²) in [4.78, 5) is 15.3. The minimum Gasteiger partial charge on any atom is -0.478 e. The molecule has 36 heavy (non-hydrogen) atoms. The predicted molar refractivity (Wildman–Crippen MR) is 133 cm³/mol. The highest BCUT2D eigenvalue weighted by atomic mass is 32.2. The van der Waals surface area contributed by atoms with Crippen molar-refractivity contribution in [1.82, 2.24) is 14.1 Å². The fourth-order valence-corrected chi connectivity index (χ4v) is 5.40. The van der Waals surface area contributed by atoms with Crippen LogP contribution in [0.2, 0.25) is 0 Å². The van der Waals surface area contributed by atoms with Crippen LogP contribution in [-0.4, -0.2) is 53.9 Å². The Bertz CT molecular complexity index is 1370. The van der Waals surface area contributed by atoms with Gasteiger partial charge in [0.1, 0.15) is 23.4 Å². The average Bonchev–Trinajstić information content (AvgIpc) is 2.85. The molecular weight excluding hydrogens is 490 g/mol. The lowest BCUT2D eigenvalue weighted by Crippen LogP contribution is -2.50. The van der Waals surface area contributed by atoms with Crippen molar-refractivity contribution in [3.05, 3.63) is 82.3 Å². The van der Waals surface area contributed by atoms with Crippen LogP contribution in [0.3, 0.4) is 0 Å². The van der Waals surface area contributed by atoms with E-state index in [2.05, 4.69) is 5.10 Å². The summed E-state index contributed by atoms with van der Waals surface area (Å²) in [5.74, 6) is -1.69. The van der Waals surface area contributed by atoms with Gasteiger partial charge in [0.25, 0.3) is 0 Å². The highest BCUT2D eigenvalue weighted by Gasteiger charge is 2.31. The minimum atomic E-state index is -3.42. The molecule has 0 bridgehead atoms. The van der Waals surface area contributed by atoms with E-state index in [1.54, 1.807) is 49.1 Å². The van der Waals surface area contributed by atoms with Crippen LogP contribution in [0.25, 0.3) is 5.69 Å². The smallest absolute Gasteiger partial charge is 0.316 e. The van der Waals surface area contributed by atoms with E-state index < -0.39 is 38.6 Å². The van der Waals surface area contributed by atoms with Crippen molar-refractivity contribution in [2.45, 2.75) is 32.1 Å². The number of benzene rings is 2. The van der Waals surface area contributed by atoms with Gasteiger partial charge < -0.3 is 9.64 Å². The van der Waals surface area contributed by atoms with Crippen LogP contribution in [0.15, 0.2) is 59.5 Å². The maximum absolute atomic E-state index is 14.4. The van der Waals surface area contributed by atoms with E-state index in [4.69, 9.17) is 4.74 Å². The molecule has 1 aliphatic rings. The van der Waals surface area contributed by atoms with E-state index in [-0.39, 0.29) is 24.4 Å². The van der Waals surface area contributed by atoms with Crippen molar-refractivity contribution in [3.63, 3.8) is 0 Å². The Morgan fingerprint density at radius 3 is 2.11 bits per heavy atom. The largest absolute Gasteiger partial charge is 0.478 e. The fraction of sp³-hybridized carbons (Fsp3) is 0.360. The molecule has 0 N–H and O–H groups in total. The maximum Gasteiger partial charge on any atom is 0.316 e. The first-order valence-electron chi connectivity index (χ1n) is 11.6. The second kappa shape index (κ2) is 10.4. The highest BCUT2D eigenvalue weighted by molar-refractivity contribution is 7.89. The summed E-state index contributed by atoms with van der Waals surface area (Å²) < 4.78 is 62.5. The lowest BCUT2D eigenvalue weighted by atomic mass is 10.1. The number of halogens is 2. The molecule has 11 heteroatoms. The average molecular weight is 519 g/mol. The number of anilines is 1. The normalized spacial score (nSPS) is 15.8. The Labute approximate surface area is 208 Å². The van der Waals surface area contributed by atoms with Crippen molar-refractivity contribution in [3.8, 4) is 11.4 Å². The third kappa shape index (κ3) is 4.98. The third-order valence-corrected chi connectivity index (χ3v) is 8.43. The van der Waals surface area contributed by atoms with E-state index in [1.807, 2.05) is 0 Å². The number of hydrogen-bond donors (Lipinski definition) is 0. The molecule has 0 aliphatic carbocycles. The summed E-state index contributed by atoms with van der Waals surface area (Å²) >= 11 is 0. The fourth-order valence-electron chi connectivity index (χ4n) is 4.13. The number of aromatic nitrogens is 2. The molecule has 1 saturated heterocycles. The monoisotopic (exact) mass is 518 g/mol. The molecule has 1 atom stereocenters. The first-order valence-corrected chi connectivity index (χ1v) is 13.1. The lowest BCUT2D eigenvalue weighted by molar-refractivity contribution is 0.211. The first kappa shape index (κ1) is 25.8. The summed E-state index contributed by atoms with van der Waals surface area (Å²) in [6.07, 6.45) is 0.340. The maximum atomic E-state index is 14.4. The molecule has 2 heterocycles. The molecule has 0 amide bonds. The molecule has 1 aromatic heterocycles. The number of nitrogens with zero attached hydrogens (tertiary/aromatic N) is 4. The zero-order valence-corrected chi connectivity index (χ0v) is 21.1.